The fourth-order valence-corrected chi connectivity index (χ4v) is 2.75. The summed E-state index contributed by atoms with van der Waals surface area (Å²) in [5, 5.41) is 0. The van der Waals surface area contributed by atoms with E-state index in [1.807, 2.05) is 47.0 Å². The van der Waals surface area contributed by atoms with E-state index in [-0.39, 0.29) is 0 Å². The van der Waals surface area contributed by atoms with Crippen LogP contribution in [0.5, 0.6) is 0 Å². The fraction of sp³-hybridized carbons (Fsp3) is 0.0556. The Morgan fingerprint density at radius 3 is 2.22 bits per heavy atom. The van der Waals surface area contributed by atoms with Crippen LogP contribution in [0.2, 0.25) is 0 Å². The van der Waals surface area contributed by atoms with Gasteiger partial charge >= 0.3 is 6.18 Å². The van der Waals surface area contributed by atoms with Crippen molar-refractivity contribution in [3.8, 4) is 11.3 Å². The second kappa shape index (κ2) is 4.84. The van der Waals surface area contributed by atoms with Crippen LogP contribution < -0.4 is 0 Å². The first kappa shape index (κ1) is 13.8. The average molecular weight is 312 g/mol. The highest BCUT2D eigenvalue weighted by Crippen LogP contribution is 2.32. The zero-order valence-electron chi connectivity index (χ0n) is 11.9. The number of aromatic nitrogens is 2. The molecular formula is C18H11F3N2. The van der Waals surface area contributed by atoms with Crippen molar-refractivity contribution in [1.82, 2.24) is 9.38 Å². The summed E-state index contributed by atoms with van der Waals surface area (Å²) in [5.74, 6) is 0. The molecule has 2 nitrogen and oxygen atoms in total. The third-order valence-electron chi connectivity index (χ3n) is 3.85. The molecule has 4 rings (SSSR count). The molecule has 2 heterocycles. The Morgan fingerprint density at radius 1 is 0.783 bits per heavy atom. The van der Waals surface area contributed by atoms with Gasteiger partial charge in [-0.2, -0.15) is 13.2 Å². The number of hydrogen-bond acceptors (Lipinski definition) is 1. The molecule has 0 radical (unpaired) electrons. The van der Waals surface area contributed by atoms with Crippen molar-refractivity contribution in [2.24, 2.45) is 0 Å². The first-order chi connectivity index (χ1) is 11.0. The highest BCUT2D eigenvalue weighted by atomic mass is 19.4. The summed E-state index contributed by atoms with van der Waals surface area (Å²) < 4.78 is 40.1. The maximum absolute atomic E-state index is 12.7. The summed E-state index contributed by atoms with van der Waals surface area (Å²) in [6.07, 6.45) is -2.41. The maximum atomic E-state index is 12.7. The first-order valence-corrected chi connectivity index (χ1v) is 7.07. The molecule has 0 spiro atoms. The number of para-hydroxylation sites is 2. The molecule has 2 aromatic carbocycles. The number of alkyl halides is 3. The molecule has 23 heavy (non-hydrogen) atoms. The van der Waals surface area contributed by atoms with Crippen LogP contribution in [0.1, 0.15) is 5.56 Å². The van der Waals surface area contributed by atoms with Crippen LogP contribution in [0.15, 0.2) is 66.9 Å². The Balaban J connectivity index is 1.95. The molecule has 0 aliphatic carbocycles. The Labute approximate surface area is 129 Å². The van der Waals surface area contributed by atoms with Gasteiger partial charge < -0.3 is 4.40 Å². The number of fused-ring (bicyclic) bond motifs is 3. The maximum Gasteiger partial charge on any atom is 0.416 e. The van der Waals surface area contributed by atoms with Crippen LogP contribution in [-0.2, 0) is 6.18 Å². The highest BCUT2D eigenvalue weighted by molar-refractivity contribution is 5.87. The van der Waals surface area contributed by atoms with Gasteiger partial charge in [-0.05, 0) is 36.4 Å². The third kappa shape index (κ3) is 2.25. The van der Waals surface area contributed by atoms with Gasteiger partial charge in [-0.3, -0.25) is 0 Å². The molecule has 0 saturated heterocycles. The molecule has 0 N–H and O–H groups in total. The second-order valence-electron chi connectivity index (χ2n) is 5.29. The third-order valence-corrected chi connectivity index (χ3v) is 3.85. The van der Waals surface area contributed by atoms with Crippen LogP contribution in [0, 0.1) is 0 Å². The Kier molecular flexibility index (Phi) is 2.91. The molecule has 4 aromatic rings. The van der Waals surface area contributed by atoms with Gasteiger partial charge in [0.2, 0.25) is 0 Å². The van der Waals surface area contributed by atoms with Crippen molar-refractivity contribution in [3.63, 3.8) is 0 Å². The summed E-state index contributed by atoms with van der Waals surface area (Å²) in [6, 6.07) is 16.6. The number of halogens is 3. The van der Waals surface area contributed by atoms with Crippen LogP contribution in [0.3, 0.4) is 0 Å². The summed E-state index contributed by atoms with van der Waals surface area (Å²) in [7, 11) is 0. The van der Waals surface area contributed by atoms with Crippen molar-refractivity contribution in [2.75, 3.05) is 0 Å². The van der Waals surface area contributed by atoms with Gasteiger partial charge in [0.15, 0.2) is 0 Å². The minimum atomic E-state index is -4.33. The lowest BCUT2D eigenvalue weighted by atomic mass is 10.1. The molecule has 0 unspecified atom stereocenters. The lowest BCUT2D eigenvalue weighted by Gasteiger charge is -2.10. The van der Waals surface area contributed by atoms with Crippen LogP contribution in [0.4, 0.5) is 13.2 Å². The van der Waals surface area contributed by atoms with Crippen LogP contribution in [-0.4, -0.2) is 9.38 Å². The van der Waals surface area contributed by atoms with E-state index in [1.165, 1.54) is 12.1 Å². The van der Waals surface area contributed by atoms with E-state index in [0.29, 0.717) is 11.3 Å². The zero-order chi connectivity index (χ0) is 16.0. The van der Waals surface area contributed by atoms with Crippen molar-refractivity contribution >= 4 is 16.6 Å². The van der Waals surface area contributed by atoms with Gasteiger partial charge in [-0.25, -0.2) is 4.98 Å². The summed E-state index contributed by atoms with van der Waals surface area (Å²) in [5.41, 5.74) is 3.29. The van der Waals surface area contributed by atoms with Gasteiger partial charge in [-0.1, -0.05) is 24.3 Å². The van der Waals surface area contributed by atoms with Gasteiger partial charge in [0.05, 0.1) is 27.8 Å². The summed E-state index contributed by atoms with van der Waals surface area (Å²) >= 11 is 0. The van der Waals surface area contributed by atoms with Crippen LogP contribution in [0.25, 0.3) is 27.8 Å². The zero-order valence-corrected chi connectivity index (χ0v) is 11.9. The molecule has 5 heteroatoms. The van der Waals surface area contributed by atoms with Crippen molar-refractivity contribution in [2.45, 2.75) is 6.18 Å². The quantitative estimate of drug-likeness (QED) is 0.474. The minimum Gasteiger partial charge on any atom is -0.313 e. The Hall–Kier alpha value is -2.82. The molecule has 0 saturated carbocycles. The van der Waals surface area contributed by atoms with E-state index in [9.17, 15) is 13.2 Å². The average Bonchev–Trinajstić information content (AvgIpc) is 3.03. The van der Waals surface area contributed by atoms with Gasteiger partial charge in [0.25, 0.3) is 0 Å². The van der Waals surface area contributed by atoms with Crippen molar-refractivity contribution < 1.29 is 13.2 Å². The van der Waals surface area contributed by atoms with E-state index >= 15 is 0 Å². The van der Waals surface area contributed by atoms with E-state index in [2.05, 4.69) is 4.98 Å². The van der Waals surface area contributed by atoms with E-state index in [1.54, 1.807) is 0 Å². The van der Waals surface area contributed by atoms with E-state index in [0.717, 1.165) is 28.7 Å². The number of hydrogen-bond donors (Lipinski definition) is 0. The molecule has 0 atom stereocenters. The predicted octanol–water partition coefficient (Wildman–Crippen LogP) is 5.17. The molecule has 0 amide bonds. The molecular weight excluding hydrogens is 301 g/mol. The Morgan fingerprint density at radius 2 is 1.48 bits per heavy atom. The fourth-order valence-electron chi connectivity index (χ4n) is 2.75. The second-order valence-corrected chi connectivity index (χ2v) is 5.29. The standard InChI is InChI=1S/C18H11F3N2/c19-18(20,21)13-9-7-12(8-10-13)17-16-6-3-11-23(16)15-5-2-1-4-14(15)22-17/h1-11H. The highest BCUT2D eigenvalue weighted by Gasteiger charge is 2.30. The molecule has 0 aliphatic rings. The first-order valence-electron chi connectivity index (χ1n) is 7.07. The molecule has 0 aliphatic heterocycles. The van der Waals surface area contributed by atoms with E-state index < -0.39 is 11.7 Å². The van der Waals surface area contributed by atoms with Crippen LogP contribution >= 0.6 is 0 Å². The summed E-state index contributed by atoms with van der Waals surface area (Å²) in [6.45, 7) is 0. The summed E-state index contributed by atoms with van der Waals surface area (Å²) in [4.78, 5) is 4.64. The number of rotatable bonds is 1. The van der Waals surface area contributed by atoms with Gasteiger partial charge in [0.1, 0.15) is 0 Å². The van der Waals surface area contributed by atoms with Gasteiger partial charge in [-0.15, -0.1) is 0 Å². The predicted molar refractivity (Wildman–Crippen MR) is 83.1 cm³/mol. The lowest BCUT2D eigenvalue weighted by molar-refractivity contribution is -0.137. The molecule has 2 aromatic heterocycles. The Bertz CT molecular complexity index is 998. The smallest absolute Gasteiger partial charge is 0.313 e. The van der Waals surface area contributed by atoms with Crippen molar-refractivity contribution in [3.05, 3.63) is 72.4 Å². The molecule has 114 valence electrons. The van der Waals surface area contributed by atoms with Gasteiger partial charge in [0, 0.05) is 11.8 Å². The SMILES string of the molecule is FC(F)(F)c1ccc(-c2nc3ccccc3n3cccc23)cc1. The minimum absolute atomic E-state index is 0.659. The number of nitrogens with zero attached hydrogens (tertiary/aromatic N) is 2. The largest absolute Gasteiger partial charge is 0.416 e. The topological polar surface area (TPSA) is 17.3 Å². The molecule has 0 fully saturated rings. The van der Waals surface area contributed by atoms with Crippen molar-refractivity contribution in [1.29, 1.82) is 0 Å². The number of benzene rings is 2. The van der Waals surface area contributed by atoms with E-state index in [4.69, 9.17) is 0 Å². The lowest BCUT2D eigenvalue weighted by Crippen LogP contribution is -2.04. The monoisotopic (exact) mass is 312 g/mol. The normalized spacial score (nSPS) is 12.1. The molecule has 0 bridgehead atoms.